The van der Waals surface area contributed by atoms with Crippen LogP contribution in [-0.4, -0.2) is 45.9 Å². The molecular weight excluding hydrogens is 392 g/mol. The Balaban J connectivity index is 1.44. The van der Waals surface area contributed by atoms with Gasteiger partial charge >= 0.3 is 0 Å². The van der Waals surface area contributed by atoms with Crippen LogP contribution >= 0.6 is 11.6 Å². The first kappa shape index (κ1) is 19.2. The zero-order chi connectivity index (χ0) is 20.2. The molecule has 1 N–H and O–H groups in total. The summed E-state index contributed by atoms with van der Waals surface area (Å²) in [5.74, 6) is 1.81. The molecule has 1 amide bonds. The number of nitrogens with one attached hydrogen (secondary N) is 1. The van der Waals surface area contributed by atoms with Crippen LogP contribution in [0, 0.1) is 5.92 Å². The van der Waals surface area contributed by atoms with E-state index in [2.05, 4.69) is 25.4 Å². The first-order chi connectivity index (χ1) is 14.1. The van der Waals surface area contributed by atoms with E-state index >= 15 is 0 Å². The Morgan fingerprint density at radius 2 is 2.07 bits per heavy atom. The number of rotatable bonds is 5. The molecule has 1 unspecified atom stereocenters. The summed E-state index contributed by atoms with van der Waals surface area (Å²) in [4.78, 5) is 19.0. The fourth-order valence-corrected chi connectivity index (χ4v) is 3.60. The summed E-state index contributed by atoms with van der Waals surface area (Å²) in [5, 5.41) is 12.1. The highest BCUT2D eigenvalue weighted by Gasteiger charge is 2.27. The SMILES string of the molecule is COc1ccc(Cl)cc1NC(=O)C1CCCN(c2ccc(-n3ccnc3)nn2)C1. The topological polar surface area (TPSA) is 85.2 Å². The first-order valence-corrected chi connectivity index (χ1v) is 9.73. The van der Waals surface area contributed by atoms with Crippen molar-refractivity contribution in [1.82, 2.24) is 19.7 Å². The van der Waals surface area contributed by atoms with Gasteiger partial charge < -0.3 is 15.0 Å². The number of hydrogen-bond donors (Lipinski definition) is 1. The molecule has 0 aliphatic carbocycles. The monoisotopic (exact) mass is 412 g/mol. The predicted octanol–water partition coefficient (Wildman–Crippen LogP) is 3.18. The van der Waals surface area contributed by atoms with Gasteiger partial charge in [-0.15, -0.1) is 10.2 Å². The number of methoxy groups -OCH3 is 1. The first-order valence-electron chi connectivity index (χ1n) is 9.35. The fraction of sp³-hybridized carbons (Fsp3) is 0.300. The van der Waals surface area contributed by atoms with Gasteiger partial charge in [-0.25, -0.2) is 4.98 Å². The number of carbonyl (C=O) groups is 1. The average molecular weight is 413 g/mol. The largest absolute Gasteiger partial charge is 0.495 e. The van der Waals surface area contributed by atoms with Crippen molar-refractivity contribution < 1.29 is 9.53 Å². The van der Waals surface area contributed by atoms with Crippen LogP contribution in [0.25, 0.3) is 5.82 Å². The van der Waals surface area contributed by atoms with Gasteiger partial charge in [-0.05, 0) is 43.2 Å². The molecule has 4 rings (SSSR count). The van der Waals surface area contributed by atoms with Gasteiger partial charge in [0.2, 0.25) is 5.91 Å². The number of piperidine rings is 1. The van der Waals surface area contributed by atoms with Crippen LogP contribution in [0.4, 0.5) is 11.5 Å². The molecule has 1 aromatic carbocycles. The number of halogens is 1. The van der Waals surface area contributed by atoms with Crippen LogP contribution in [-0.2, 0) is 4.79 Å². The van der Waals surface area contributed by atoms with Gasteiger partial charge in [-0.3, -0.25) is 9.36 Å². The van der Waals surface area contributed by atoms with Crippen molar-refractivity contribution in [3.05, 3.63) is 54.1 Å². The number of imidazole rings is 1. The number of carbonyl (C=O) groups excluding carboxylic acids is 1. The van der Waals surface area contributed by atoms with E-state index < -0.39 is 0 Å². The van der Waals surface area contributed by atoms with E-state index in [1.807, 2.05) is 18.3 Å². The fourth-order valence-electron chi connectivity index (χ4n) is 3.43. The Labute approximate surface area is 173 Å². The highest BCUT2D eigenvalue weighted by Crippen LogP contribution is 2.29. The smallest absolute Gasteiger partial charge is 0.229 e. The molecule has 8 nitrogen and oxygen atoms in total. The highest BCUT2D eigenvalue weighted by molar-refractivity contribution is 6.31. The zero-order valence-electron chi connectivity index (χ0n) is 16.0. The molecule has 2 aromatic heterocycles. The summed E-state index contributed by atoms with van der Waals surface area (Å²) in [5.41, 5.74) is 0.576. The summed E-state index contributed by atoms with van der Waals surface area (Å²) in [6.07, 6.45) is 6.89. The number of aromatic nitrogens is 4. The van der Waals surface area contributed by atoms with Crippen molar-refractivity contribution >= 4 is 29.0 Å². The molecule has 1 aliphatic heterocycles. The van der Waals surface area contributed by atoms with Gasteiger partial charge in [0.25, 0.3) is 0 Å². The molecule has 1 fully saturated rings. The lowest BCUT2D eigenvalue weighted by Gasteiger charge is -2.32. The van der Waals surface area contributed by atoms with Crippen molar-refractivity contribution in [3.8, 4) is 11.6 Å². The molecular formula is C20H21ClN6O2. The molecule has 1 aliphatic rings. The second-order valence-electron chi connectivity index (χ2n) is 6.84. The van der Waals surface area contributed by atoms with Crippen LogP contribution in [0.5, 0.6) is 5.75 Å². The second-order valence-corrected chi connectivity index (χ2v) is 7.28. The maximum absolute atomic E-state index is 12.9. The third kappa shape index (κ3) is 4.32. The Morgan fingerprint density at radius 3 is 2.79 bits per heavy atom. The van der Waals surface area contributed by atoms with Crippen LogP contribution in [0.2, 0.25) is 5.02 Å². The van der Waals surface area contributed by atoms with E-state index in [1.54, 1.807) is 42.4 Å². The van der Waals surface area contributed by atoms with Gasteiger partial charge in [0.05, 0.1) is 18.7 Å². The van der Waals surface area contributed by atoms with Gasteiger partial charge in [-0.1, -0.05) is 11.6 Å². The van der Waals surface area contributed by atoms with E-state index in [-0.39, 0.29) is 11.8 Å². The molecule has 3 aromatic rings. The van der Waals surface area contributed by atoms with Crippen molar-refractivity contribution in [2.45, 2.75) is 12.8 Å². The van der Waals surface area contributed by atoms with Crippen LogP contribution < -0.4 is 15.0 Å². The van der Waals surface area contributed by atoms with Crippen molar-refractivity contribution in [3.63, 3.8) is 0 Å². The van der Waals surface area contributed by atoms with E-state index in [0.717, 1.165) is 25.2 Å². The normalized spacial score (nSPS) is 16.5. The number of benzene rings is 1. The number of ether oxygens (including phenoxy) is 1. The van der Waals surface area contributed by atoms with Gasteiger partial charge in [-0.2, -0.15) is 0 Å². The molecule has 29 heavy (non-hydrogen) atoms. The highest BCUT2D eigenvalue weighted by atomic mass is 35.5. The lowest BCUT2D eigenvalue weighted by Crippen LogP contribution is -2.41. The van der Waals surface area contributed by atoms with Gasteiger partial charge in [0, 0.05) is 30.5 Å². The molecule has 150 valence electrons. The van der Waals surface area contributed by atoms with Gasteiger partial charge in [0.15, 0.2) is 11.6 Å². The number of nitrogens with zero attached hydrogens (tertiary/aromatic N) is 5. The van der Waals surface area contributed by atoms with Crippen molar-refractivity contribution in [1.29, 1.82) is 0 Å². The van der Waals surface area contributed by atoms with E-state index in [4.69, 9.17) is 16.3 Å². The van der Waals surface area contributed by atoms with Crippen molar-refractivity contribution in [2.24, 2.45) is 5.92 Å². The molecule has 1 saturated heterocycles. The van der Waals surface area contributed by atoms with E-state index in [0.29, 0.717) is 28.8 Å². The minimum absolute atomic E-state index is 0.0572. The Morgan fingerprint density at radius 1 is 1.24 bits per heavy atom. The molecule has 0 spiro atoms. The summed E-state index contributed by atoms with van der Waals surface area (Å²) in [6.45, 7) is 1.41. The summed E-state index contributed by atoms with van der Waals surface area (Å²) >= 11 is 6.06. The van der Waals surface area contributed by atoms with E-state index in [9.17, 15) is 4.79 Å². The third-order valence-electron chi connectivity index (χ3n) is 4.94. The standard InChI is InChI=1S/C20H21ClN6O2/c1-29-17-5-4-15(21)11-16(17)23-20(28)14-3-2-9-26(12-14)18-6-7-19(25-24-18)27-10-8-22-13-27/h4-8,10-11,13-14H,2-3,9,12H2,1H3,(H,23,28). The quantitative estimate of drug-likeness (QED) is 0.692. The van der Waals surface area contributed by atoms with Gasteiger partial charge in [0.1, 0.15) is 12.1 Å². The van der Waals surface area contributed by atoms with Crippen molar-refractivity contribution in [2.75, 3.05) is 30.4 Å². The Kier molecular flexibility index (Phi) is 5.62. The summed E-state index contributed by atoms with van der Waals surface area (Å²) < 4.78 is 7.11. The number of anilines is 2. The molecule has 1 atom stereocenters. The third-order valence-corrected chi connectivity index (χ3v) is 5.18. The maximum atomic E-state index is 12.9. The molecule has 0 bridgehead atoms. The molecule has 9 heteroatoms. The maximum Gasteiger partial charge on any atom is 0.229 e. The van der Waals surface area contributed by atoms with Crippen LogP contribution in [0.15, 0.2) is 49.1 Å². The summed E-state index contributed by atoms with van der Waals surface area (Å²) in [7, 11) is 1.56. The van der Waals surface area contributed by atoms with Crippen LogP contribution in [0.3, 0.4) is 0 Å². The molecule has 0 radical (unpaired) electrons. The molecule has 0 saturated carbocycles. The predicted molar refractivity (Wildman–Crippen MR) is 111 cm³/mol. The minimum atomic E-state index is -0.164. The molecule has 3 heterocycles. The zero-order valence-corrected chi connectivity index (χ0v) is 16.7. The van der Waals surface area contributed by atoms with Crippen LogP contribution in [0.1, 0.15) is 12.8 Å². The number of hydrogen-bond acceptors (Lipinski definition) is 6. The lowest BCUT2D eigenvalue weighted by atomic mass is 9.97. The average Bonchev–Trinajstić information content (AvgIpc) is 3.29. The minimum Gasteiger partial charge on any atom is -0.495 e. The number of amides is 1. The Bertz CT molecular complexity index is 977. The second kappa shape index (κ2) is 8.48. The Hall–Kier alpha value is -3.13. The summed E-state index contributed by atoms with van der Waals surface area (Å²) in [6, 6.07) is 8.97. The van der Waals surface area contributed by atoms with E-state index in [1.165, 1.54) is 0 Å². The lowest BCUT2D eigenvalue weighted by molar-refractivity contribution is -0.120.